The highest BCUT2D eigenvalue weighted by Gasteiger charge is 2.36. The number of unbranched alkanes of at least 4 members (excludes halogenated alkanes) is 1. The highest BCUT2D eigenvalue weighted by atomic mass is 16.6. The molecule has 0 spiro atoms. The van der Waals surface area contributed by atoms with E-state index in [4.69, 9.17) is 11.2 Å². The standard InChI is InChI=1S/C30H39N3O4/c1-7-10-20-31-27(34)26(24-18-16-22(8-2)17-19-24)33(9-3)28(35)25(21-23-14-12-11-13-15-23)32-29(36)37-30(4,5)6/h3,11-19,25-26H,7-8,10,20-21H2,1-2,4-6H3,(H,31,34)(H,32,36). The van der Waals surface area contributed by atoms with Gasteiger partial charge in [-0.1, -0.05) is 81.3 Å². The van der Waals surface area contributed by atoms with Crippen LogP contribution in [0.25, 0.3) is 0 Å². The van der Waals surface area contributed by atoms with Crippen molar-refractivity contribution in [3.8, 4) is 12.5 Å². The van der Waals surface area contributed by atoms with E-state index in [1.807, 2.05) is 68.4 Å². The Kier molecular flexibility index (Phi) is 11.2. The van der Waals surface area contributed by atoms with E-state index in [9.17, 15) is 14.4 Å². The summed E-state index contributed by atoms with van der Waals surface area (Å²) in [5.74, 6) is -0.952. The van der Waals surface area contributed by atoms with Gasteiger partial charge >= 0.3 is 6.09 Å². The van der Waals surface area contributed by atoms with Crippen molar-refractivity contribution in [2.24, 2.45) is 0 Å². The molecule has 198 valence electrons. The summed E-state index contributed by atoms with van der Waals surface area (Å²) in [6, 6.07) is 17.1. The summed E-state index contributed by atoms with van der Waals surface area (Å²) < 4.78 is 5.40. The lowest BCUT2D eigenvalue weighted by molar-refractivity contribution is -0.138. The molecular weight excluding hydrogens is 466 g/mol. The third kappa shape index (κ3) is 9.30. The van der Waals surface area contributed by atoms with Crippen LogP contribution in [-0.4, -0.2) is 41.0 Å². The number of carbonyl (C=O) groups is 3. The molecule has 2 aromatic rings. The fraction of sp³-hybridized carbons (Fsp3) is 0.433. The molecule has 0 radical (unpaired) electrons. The smallest absolute Gasteiger partial charge is 0.408 e. The molecule has 7 heteroatoms. The fourth-order valence-corrected chi connectivity index (χ4v) is 3.77. The van der Waals surface area contributed by atoms with Crippen molar-refractivity contribution in [1.29, 1.82) is 0 Å². The molecule has 0 aliphatic carbocycles. The average molecular weight is 506 g/mol. The molecule has 7 nitrogen and oxygen atoms in total. The molecule has 3 amide bonds. The second kappa shape index (κ2) is 14.1. The minimum atomic E-state index is -1.06. The Morgan fingerprint density at radius 2 is 1.65 bits per heavy atom. The Hall–Kier alpha value is -3.79. The molecule has 0 fully saturated rings. The highest BCUT2D eigenvalue weighted by Crippen LogP contribution is 2.23. The quantitative estimate of drug-likeness (QED) is 0.262. The average Bonchev–Trinajstić information content (AvgIpc) is 2.86. The van der Waals surface area contributed by atoms with Crippen LogP contribution in [0, 0.1) is 12.5 Å². The van der Waals surface area contributed by atoms with E-state index in [0.717, 1.165) is 35.3 Å². The number of terminal acetylenes is 1. The van der Waals surface area contributed by atoms with Gasteiger partial charge in [-0.25, -0.2) is 4.79 Å². The maximum absolute atomic E-state index is 13.9. The van der Waals surface area contributed by atoms with E-state index in [1.165, 1.54) is 0 Å². The first-order chi connectivity index (χ1) is 17.6. The molecule has 2 aromatic carbocycles. The van der Waals surface area contributed by atoms with Gasteiger partial charge in [-0.15, -0.1) is 0 Å². The van der Waals surface area contributed by atoms with Crippen LogP contribution in [0.5, 0.6) is 0 Å². The molecule has 0 bridgehead atoms. The van der Waals surface area contributed by atoms with Gasteiger partial charge in [0.15, 0.2) is 0 Å². The maximum Gasteiger partial charge on any atom is 0.408 e. The molecule has 0 aliphatic rings. The molecule has 0 aromatic heterocycles. The van der Waals surface area contributed by atoms with Crippen molar-refractivity contribution in [2.45, 2.75) is 78.0 Å². The largest absolute Gasteiger partial charge is 0.444 e. The Morgan fingerprint density at radius 3 is 2.19 bits per heavy atom. The van der Waals surface area contributed by atoms with Crippen LogP contribution in [-0.2, 0) is 27.2 Å². The fourth-order valence-electron chi connectivity index (χ4n) is 3.77. The number of rotatable bonds is 11. The van der Waals surface area contributed by atoms with Gasteiger partial charge in [-0.3, -0.25) is 14.5 Å². The van der Waals surface area contributed by atoms with Gasteiger partial charge in [0.1, 0.15) is 17.7 Å². The number of alkyl carbamates (subject to hydrolysis) is 1. The second-order valence-electron chi connectivity index (χ2n) is 9.87. The number of carbonyl (C=O) groups excluding carboxylic acids is 3. The number of nitrogens with one attached hydrogen (secondary N) is 2. The number of hydrogen-bond donors (Lipinski definition) is 2. The van der Waals surface area contributed by atoms with Crippen molar-refractivity contribution >= 4 is 17.9 Å². The van der Waals surface area contributed by atoms with Gasteiger partial charge < -0.3 is 15.4 Å². The van der Waals surface area contributed by atoms with Crippen LogP contribution in [0.1, 0.15) is 70.2 Å². The first kappa shape index (κ1) is 29.4. The zero-order chi connectivity index (χ0) is 27.4. The van der Waals surface area contributed by atoms with E-state index in [2.05, 4.69) is 16.7 Å². The second-order valence-corrected chi connectivity index (χ2v) is 9.87. The van der Waals surface area contributed by atoms with E-state index in [1.54, 1.807) is 20.8 Å². The number of nitrogens with zero attached hydrogens (tertiary/aromatic N) is 1. The normalized spacial score (nSPS) is 12.5. The van der Waals surface area contributed by atoms with Gasteiger partial charge in [-0.2, -0.15) is 0 Å². The topological polar surface area (TPSA) is 87.7 Å². The van der Waals surface area contributed by atoms with Crippen molar-refractivity contribution < 1.29 is 19.1 Å². The van der Waals surface area contributed by atoms with Gasteiger partial charge in [0, 0.05) is 19.0 Å². The number of aryl methyl sites for hydroxylation is 1. The molecule has 0 aliphatic heterocycles. The van der Waals surface area contributed by atoms with Crippen LogP contribution in [0.2, 0.25) is 0 Å². The summed E-state index contributed by atoms with van der Waals surface area (Å²) in [7, 11) is 0. The van der Waals surface area contributed by atoms with Gasteiger partial charge in [0.2, 0.25) is 5.91 Å². The third-order valence-electron chi connectivity index (χ3n) is 5.69. The molecule has 0 saturated heterocycles. The summed E-state index contributed by atoms with van der Waals surface area (Å²) in [6.07, 6.45) is 7.84. The lowest BCUT2D eigenvalue weighted by Crippen LogP contribution is -2.52. The highest BCUT2D eigenvalue weighted by molar-refractivity contribution is 5.93. The summed E-state index contributed by atoms with van der Waals surface area (Å²) in [5, 5.41) is 5.57. The summed E-state index contributed by atoms with van der Waals surface area (Å²) in [4.78, 5) is 41.0. The SMILES string of the molecule is C#CN(C(=O)C(Cc1ccccc1)NC(=O)OC(C)(C)C)C(C(=O)NCCCC)c1ccc(CC)cc1. The first-order valence-corrected chi connectivity index (χ1v) is 12.8. The lowest BCUT2D eigenvalue weighted by Gasteiger charge is -2.30. The van der Waals surface area contributed by atoms with Crippen LogP contribution < -0.4 is 10.6 Å². The van der Waals surface area contributed by atoms with Crippen LogP contribution >= 0.6 is 0 Å². The van der Waals surface area contributed by atoms with Gasteiger partial charge in [-0.05, 0) is 50.3 Å². The van der Waals surface area contributed by atoms with Gasteiger partial charge in [0.25, 0.3) is 5.91 Å². The molecule has 2 rings (SSSR count). The first-order valence-electron chi connectivity index (χ1n) is 12.8. The van der Waals surface area contributed by atoms with Crippen LogP contribution in [0.4, 0.5) is 4.79 Å². The van der Waals surface area contributed by atoms with Crippen molar-refractivity contribution in [3.05, 3.63) is 71.3 Å². The number of ether oxygens (including phenoxy) is 1. The van der Waals surface area contributed by atoms with E-state index >= 15 is 0 Å². The zero-order valence-corrected chi connectivity index (χ0v) is 22.5. The summed E-state index contributed by atoms with van der Waals surface area (Å²) in [6.45, 7) is 9.76. The van der Waals surface area contributed by atoms with Crippen molar-refractivity contribution in [1.82, 2.24) is 15.5 Å². The molecule has 2 unspecified atom stereocenters. The summed E-state index contributed by atoms with van der Waals surface area (Å²) >= 11 is 0. The minimum absolute atomic E-state index is 0.177. The van der Waals surface area contributed by atoms with Crippen LogP contribution in [0.15, 0.2) is 54.6 Å². The van der Waals surface area contributed by atoms with Crippen molar-refractivity contribution in [3.63, 3.8) is 0 Å². The summed E-state index contributed by atoms with van der Waals surface area (Å²) in [5.41, 5.74) is 1.76. The zero-order valence-electron chi connectivity index (χ0n) is 22.5. The minimum Gasteiger partial charge on any atom is -0.444 e. The predicted molar refractivity (Wildman–Crippen MR) is 145 cm³/mol. The number of benzene rings is 2. The Bertz CT molecular complexity index is 1070. The van der Waals surface area contributed by atoms with Gasteiger partial charge in [0.05, 0.1) is 0 Å². The number of hydrogen-bond acceptors (Lipinski definition) is 4. The molecular formula is C30H39N3O4. The molecule has 0 heterocycles. The monoisotopic (exact) mass is 505 g/mol. The molecule has 37 heavy (non-hydrogen) atoms. The van der Waals surface area contributed by atoms with E-state index in [0.29, 0.717) is 12.1 Å². The molecule has 2 atom stereocenters. The Morgan fingerprint density at radius 1 is 1.00 bits per heavy atom. The van der Waals surface area contributed by atoms with Crippen LogP contribution in [0.3, 0.4) is 0 Å². The van der Waals surface area contributed by atoms with Crippen molar-refractivity contribution in [2.75, 3.05) is 6.54 Å². The van der Waals surface area contributed by atoms with E-state index in [-0.39, 0.29) is 12.3 Å². The lowest BCUT2D eigenvalue weighted by atomic mass is 9.99. The predicted octanol–water partition coefficient (Wildman–Crippen LogP) is 4.76. The maximum atomic E-state index is 13.9. The van der Waals surface area contributed by atoms with E-state index < -0.39 is 29.7 Å². The number of amides is 3. The third-order valence-corrected chi connectivity index (χ3v) is 5.69. The Labute approximate surface area is 221 Å². The molecule has 2 N–H and O–H groups in total. The Balaban J connectivity index is 2.44. The molecule has 0 saturated carbocycles.